The summed E-state index contributed by atoms with van der Waals surface area (Å²) in [4.78, 5) is 0. The van der Waals surface area contributed by atoms with Crippen molar-refractivity contribution in [3.8, 4) is 0 Å². The van der Waals surface area contributed by atoms with Crippen LogP contribution >= 0.6 is 0 Å². The molecule has 3 aromatic rings. The van der Waals surface area contributed by atoms with Gasteiger partial charge >= 0.3 is 21.7 Å². The fourth-order valence-corrected chi connectivity index (χ4v) is 5.03. The largest absolute Gasteiger partial charge is 4.00 e. The molecule has 0 aromatic heterocycles. The SMILES string of the molecule is CC(C)(C)C(C1=C(Cc2ccccc2)[C-]=CC1)(c1ccccc1)c1ccccc1.[Cl-].[Cl-].[Cl-].[Ti+4]. The Balaban J connectivity index is 0.00000256. The molecular formula is C29H29Cl3Ti. The molecule has 3 aromatic carbocycles. The summed E-state index contributed by atoms with van der Waals surface area (Å²) in [6.45, 7) is 7.12. The van der Waals surface area contributed by atoms with Crippen LogP contribution in [0, 0.1) is 11.5 Å². The molecule has 0 fully saturated rings. The Morgan fingerprint density at radius 2 is 1.09 bits per heavy atom. The Labute approximate surface area is 233 Å². The summed E-state index contributed by atoms with van der Waals surface area (Å²) in [7, 11) is 0. The first-order valence-corrected chi connectivity index (χ1v) is 10.5. The predicted molar refractivity (Wildman–Crippen MR) is 123 cm³/mol. The van der Waals surface area contributed by atoms with Crippen LogP contribution in [-0.4, -0.2) is 0 Å². The van der Waals surface area contributed by atoms with Gasteiger partial charge in [0.1, 0.15) is 0 Å². The van der Waals surface area contributed by atoms with E-state index in [4.69, 9.17) is 0 Å². The maximum atomic E-state index is 3.63. The van der Waals surface area contributed by atoms with E-state index in [9.17, 15) is 0 Å². The normalized spacial score (nSPS) is 12.7. The number of halogens is 3. The van der Waals surface area contributed by atoms with Crippen molar-refractivity contribution in [3.05, 3.63) is 131 Å². The van der Waals surface area contributed by atoms with Gasteiger partial charge in [0.15, 0.2) is 0 Å². The summed E-state index contributed by atoms with van der Waals surface area (Å²) in [5.74, 6) is 0. The Morgan fingerprint density at radius 1 is 0.667 bits per heavy atom. The van der Waals surface area contributed by atoms with Gasteiger partial charge in [0.05, 0.1) is 0 Å². The molecule has 0 spiro atoms. The van der Waals surface area contributed by atoms with Crippen LogP contribution < -0.4 is 37.2 Å². The second-order valence-corrected chi connectivity index (χ2v) is 8.90. The standard InChI is InChI=1S/C29H29.3ClH.Ti/c1-28(2,3)29(25-17-9-5-10-18-25,26-19-11-6-12-20-26)27-21-13-16-24(27)22-23-14-7-4-8-15-23;;;;/h4-15,17-20H,21-22H2,1-3H3;3*1H;/q-1;;;;+4/p-3. The van der Waals surface area contributed by atoms with Crippen molar-refractivity contribution in [2.24, 2.45) is 5.41 Å². The molecule has 0 nitrogen and oxygen atoms in total. The zero-order chi connectivity index (χ0) is 20.3. The molecule has 33 heavy (non-hydrogen) atoms. The van der Waals surface area contributed by atoms with E-state index in [2.05, 4.69) is 124 Å². The van der Waals surface area contributed by atoms with Crippen LogP contribution in [0.15, 0.2) is 108 Å². The summed E-state index contributed by atoms with van der Waals surface area (Å²) < 4.78 is 0. The molecule has 0 N–H and O–H groups in total. The van der Waals surface area contributed by atoms with Gasteiger partial charge < -0.3 is 37.2 Å². The third-order valence-corrected chi connectivity index (χ3v) is 6.16. The third kappa shape index (κ3) is 6.24. The number of allylic oxidation sites excluding steroid dienone is 4. The minimum atomic E-state index is -0.209. The molecule has 0 saturated carbocycles. The van der Waals surface area contributed by atoms with E-state index in [1.165, 1.54) is 27.8 Å². The Kier molecular flexibility index (Phi) is 13.0. The van der Waals surface area contributed by atoms with E-state index < -0.39 is 0 Å². The van der Waals surface area contributed by atoms with E-state index in [1.54, 1.807) is 0 Å². The Morgan fingerprint density at radius 3 is 1.52 bits per heavy atom. The molecule has 0 heterocycles. The predicted octanol–water partition coefficient (Wildman–Crippen LogP) is -1.67. The van der Waals surface area contributed by atoms with Gasteiger partial charge in [-0.3, -0.25) is 6.08 Å². The summed E-state index contributed by atoms with van der Waals surface area (Å²) in [6, 6.07) is 32.8. The first-order valence-electron chi connectivity index (χ1n) is 10.5. The first-order chi connectivity index (χ1) is 14.0. The Bertz CT molecular complexity index is 981. The summed E-state index contributed by atoms with van der Waals surface area (Å²) >= 11 is 0. The van der Waals surface area contributed by atoms with E-state index in [1.807, 2.05) is 0 Å². The molecule has 0 radical (unpaired) electrons. The smallest absolute Gasteiger partial charge is 1.00 e. The van der Waals surface area contributed by atoms with Crippen molar-refractivity contribution in [3.63, 3.8) is 0 Å². The van der Waals surface area contributed by atoms with Crippen LogP contribution in [-0.2, 0) is 33.6 Å². The van der Waals surface area contributed by atoms with Crippen molar-refractivity contribution in [1.29, 1.82) is 0 Å². The number of hydrogen-bond acceptors (Lipinski definition) is 0. The fraction of sp³-hybridized carbons (Fsp3) is 0.241. The molecule has 1 aliphatic rings. The van der Waals surface area contributed by atoms with Crippen molar-refractivity contribution in [2.45, 2.75) is 39.0 Å². The average Bonchev–Trinajstić information content (AvgIpc) is 3.18. The zero-order valence-electron chi connectivity index (χ0n) is 19.3. The van der Waals surface area contributed by atoms with E-state index >= 15 is 0 Å². The van der Waals surface area contributed by atoms with Crippen molar-refractivity contribution in [2.75, 3.05) is 0 Å². The second-order valence-electron chi connectivity index (χ2n) is 8.90. The van der Waals surface area contributed by atoms with Crippen LogP contribution in [0.3, 0.4) is 0 Å². The zero-order valence-corrected chi connectivity index (χ0v) is 23.1. The summed E-state index contributed by atoms with van der Waals surface area (Å²) in [5, 5.41) is 0. The maximum absolute atomic E-state index is 3.63. The minimum Gasteiger partial charge on any atom is -1.00 e. The summed E-state index contributed by atoms with van der Waals surface area (Å²) in [6.07, 6.45) is 7.72. The first kappa shape index (κ1) is 31.7. The van der Waals surface area contributed by atoms with Crippen LogP contribution in [0.25, 0.3) is 0 Å². The molecule has 4 rings (SSSR count). The quantitative estimate of drug-likeness (QED) is 0.273. The molecule has 0 atom stereocenters. The molecule has 4 heteroatoms. The van der Waals surface area contributed by atoms with Crippen LogP contribution in [0.1, 0.15) is 43.9 Å². The number of hydrogen-bond donors (Lipinski definition) is 0. The molecule has 1 aliphatic carbocycles. The molecule has 0 aliphatic heterocycles. The van der Waals surface area contributed by atoms with Gasteiger partial charge in [-0.05, 0) is 33.9 Å². The maximum Gasteiger partial charge on any atom is 4.00 e. The van der Waals surface area contributed by atoms with Gasteiger partial charge in [0, 0.05) is 0 Å². The van der Waals surface area contributed by atoms with Gasteiger partial charge in [-0.15, -0.1) is 0 Å². The summed E-state index contributed by atoms with van der Waals surface area (Å²) in [5.41, 5.74) is 6.65. The molecule has 0 bridgehead atoms. The van der Waals surface area contributed by atoms with Gasteiger partial charge in [-0.1, -0.05) is 118 Å². The molecule has 0 amide bonds. The monoisotopic (exact) mass is 530 g/mol. The van der Waals surface area contributed by atoms with Crippen LogP contribution in [0.2, 0.25) is 0 Å². The molecule has 170 valence electrons. The van der Waals surface area contributed by atoms with Crippen LogP contribution in [0.5, 0.6) is 0 Å². The molecule has 0 saturated heterocycles. The molecular weight excluding hydrogens is 503 g/mol. The molecule has 0 unspecified atom stereocenters. The van der Waals surface area contributed by atoms with E-state index in [-0.39, 0.29) is 69.8 Å². The Hall–Kier alpha value is -1.28. The van der Waals surface area contributed by atoms with Crippen molar-refractivity contribution in [1.82, 2.24) is 0 Å². The van der Waals surface area contributed by atoms with Crippen molar-refractivity contribution >= 4 is 0 Å². The minimum absolute atomic E-state index is 0. The fourth-order valence-electron chi connectivity index (χ4n) is 5.03. The third-order valence-electron chi connectivity index (χ3n) is 6.16. The van der Waals surface area contributed by atoms with Gasteiger partial charge in [-0.25, -0.2) is 5.57 Å². The van der Waals surface area contributed by atoms with E-state index in [0.29, 0.717) is 0 Å². The topological polar surface area (TPSA) is 0 Å². The van der Waals surface area contributed by atoms with Crippen molar-refractivity contribution < 1.29 is 58.9 Å². The average molecular weight is 532 g/mol. The van der Waals surface area contributed by atoms with Gasteiger partial charge in [0.2, 0.25) is 0 Å². The number of benzene rings is 3. The second kappa shape index (κ2) is 13.6. The van der Waals surface area contributed by atoms with E-state index in [0.717, 1.165) is 12.8 Å². The number of rotatable bonds is 5. The van der Waals surface area contributed by atoms with Gasteiger partial charge in [-0.2, -0.15) is 11.6 Å². The van der Waals surface area contributed by atoms with Gasteiger partial charge in [0.25, 0.3) is 0 Å². The van der Waals surface area contributed by atoms with Crippen LogP contribution in [0.4, 0.5) is 0 Å².